The fraction of sp³-hybridized carbons (Fsp3) is 0.667. The predicted octanol–water partition coefficient (Wildman–Crippen LogP) is 1.50. The van der Waals surface area contributed by atoms with Crippen molar-refractivity contribution in [3.05, 3.63) is 15.6 Å². The van der Waals surface area contributed by atoms with Crippen LogP contribution in [0, 0.1) is 6.92 Å². The number of aromatic nitrogens is 1. The van der Waals surface area contributed by atoms with Crippen LogP contribution in [-0.4, -0.2) is 30.0 Å². The van der Waals surface area contributed by atoms with E-state index in [4.69, 9.17) is 0 Å². The van der Waals surface area contributed by atoms with E-state index >= 15 is 0 Å². The SMILES string of the molecule is CCCc1nc(C)c(C(=O)NC2CCNC2)s1. The molecular weight excluding hydrogens is 234 g/mol. The molecule has 1 atom stereocenters. The first kappa shape index (κ1) is 12.5. The van der Waals surface area contributed by atoms with E-state index in [1.54, 1.807) is 0 Å². The molecule has 0 aliphatic carbocycles. The molecule has 1 aliphatic heterocycles. The van der Waals surface area contributed by atoms with Crippen LogP contribution < -0.4 is 10.6 Å². The lowest BCUT2D eigenvalue weighted by Gasteiger charge is -2.09. The Kier molecular flexibility index (Phi) is 4.12. The number of rotatable bonds is 4. The molecule has 0 spiro atoms. The molecule has 17 heavy (non-hydrogen) atoms. The summed E-state index contributed by atoms with van der Waals surface area (Å²) in [6.45, 7) is 5.91. The highest BCUT2D eigenvalue weighted by Crippen LogP contribution is 2.19. The Balaban J connectivity index is 2.02. The Hall–Kier alpha value is -0.940. The van der Waals surface area contributed by atoms with Gasteiger partial charge in [-0.3, -0.25) is 4.79 Å². The maximum Gasteiger partial charge on any atom is 0.263 e. The van der Waals surface area contributed by atoms with Crippen LogP contribution in [0.1, 0.15) is 40.1 Å². The van der Waals surface area contributed by atoms with E-state index in [1.807, 2.05) is 6.92 Å². The van der Waals surface area contributed by atoms with E-state index in [1.165, 1.54) is 11.3 Å². The van der Waals surface area contributed by atoms with Crippen LogP contribution in [-0.2, 0) is 6.42 Å². The molecule has 94 valence electrons. The van der Waals surface area contributed by atoms with Crippen molar-refractivity contribution in [2.24, 2.45) is 0 Å². The molecule has 0 saturated carbocycles. The number of amides is 1. The molecule has 1 fully saturated rings. The van der Waals surface area contributed by atoms with Crippen molar-refractivity contribution in [2.45, 2.75) is 39.2 Å². The fourth-order valence-corrected chi connectivity index (χ4v) is 3.08. The van der Waals surface area contributed by atoms with Gasteiger partial charge < -0.3 is 10.6 Å². The Morgan fingerprint density at radius 1 is 1.65 bits per heavy atom. The molecule has 1 unspecified atom stereocenters. The normalized spacial score (nSPS) is 19.5. The first-order valence-corrected chi connectivity index (χ1v) is 7.00. The third-order valence-corrected chi connectivity index (χ3v) is 4.12. The van der Waals surface area contributed by atoms with Gasteiger partial charge in [-0.2, -0.15) is 0 Å². The molecule has 2 heterocycles. The van der Waals surface area contributed by atoms with Gasteiger partial charge >= 0.3 is 0 Å². The molecule has 4 nitrogen and oxygen atoms in total. The number of hydrogen-bond acceptors (Lipinski definition) is 4. The summed E-state index contributed by atoms with van der Waals surface area (Å²) in [4.78, 5) is 17.3. The first-order chi connectivity index (χ1) is 8.20. The molecule has 1 aromatic heterocycles. The molecule has 0 radical (unpaired) electrons. The zero-order valence-corrected chi connectivity index (χ0v) is 11.2. The minimum atomic E-state index is 0.0380. The number of carbonyl (C=O) groups is 1. The molecule has 1 aliphatic rings. The van der Waals surface area contributed by atoms with Crippen LogP contribution in [0.4, 0.5) is 0 Å². The second kappa shape index (κ2) is 5.60. The van der Waals surface area contributed by atoms with Crippen molar-refractivity contribution < 1.29 is 4.79 Å². The molecule has 0 aromatic carbocycles. The van der Waals surface area contributed by atoms with Crippen LogP contribution in [0.25, 0.3) is 0 Å². The topological polar surface area (TPSA) is 54.0 Å². The maximum atomic E-state index is 12.1. The number of hydrogen-bond donors (Lipinski definition) is 2. The Labute approximate surface area is 106 Å². The molecule has 0 bridgehead atoms. The zero-order valence-electron chi connectivity index (χ0n) is 10.4. The minimum absolute atomic E-state index is 0.0380. The quantitative estimate of drug-likeness (QED) is 0.855. The van der Waals surface area contributed by atoms with Gasteiger partial charge in [0.15, 0.2) is 0 Å². The Morgan fingerprint density at radius 3 is 3.12 bits per heavy atom. The summed E-state index contributed by atoms with van der Waals surface area (Å²) in [5.74, 6) is 0.0380. The van der Waals surface area contributed by atoms with E-state index in [0.717, 1.165) is 47.9 Å². The van der Waals surface area contributed by atoms with Crippen LogP contribution in [0.2, 0.25) is 0 Å². The molecule has 5 heteroatoms. The smallest absolute Gasteiger partial charge is 0.263 e. The standard InChI is InChI=1S/C12H19N3OS/c1-3-4-10-14-8(2)11(17-10)12(16)15-9-5-6-13-7-9/h9,13H,3-7H2,1-2H3,(H,15,16). The number of nitrogens with zero attached hydrogens (tertiary/aromatic N) is 1. The first-order valence-electron chi connectivity index (χ1n) is 6.18. The van der Waals surface area contributed by atoms with Crippen LogP contribution in [0.5, 0.6) is 0 Å². The van der Waals surface area contributed by atoms with Gasteiger partial charge in [0.25, 0.3) is 5.91 Å². The summed E-state index contributed by atoms with van der Waals surface area (Å²) in [5, 5.41) is 7.37. The van der Waals surface area contributed by atoms with Gasteiger partial charge in [-0.15, -0.1) is 11.3 Å². The number of nitrogens with one attached hydrogen (secondary N) is 2. The summed E-state index contributed by atoms with van der Waals surface area (Å²) in [7, 11) is 0. The van der Waals surface area contributed by atoms with E-state index in [2.05, 4.69) is 22.5 Å². The lowest BCUT2D eigenvalue weighted by molar-refractivity contribution is 0.0943. The molecule has 1 aromatic rings. The lowest BCUT2D eigenvalue weighted by atomic mass is 10.2. The fourth-order valence-electron chi connectivity index (χ4n) is 2.01. The molecular formula is C12H19N3OS. The van der Waals surface area contributed by atoms with Gasteiger partial charge in [0, 0.05) is 12.6 Å². The Bertz CT molecular complexity index is 396. The predicted molar refractivity (Wildman–Crippen MR) is 69.6 cm³/mol. The third-order valence-electron chi connectivity index (χ3n) is 2.91. The van der Waals surface area contributed by atoms with Gasteiger partial charge in [0.1, 0.15) is 4.88 Å². The van der Waals surface area contributed by atoms with Crippen molar-refractivity contribution in [3.63, 3.8) is 0 Å². The highest BCUT2D eigenvalue weighted by Gasteiger charge is 2.20. The lowest BCUT2D eigenvalue weighted by Crippen LogP contribution is -2.36. The second-order valence-electron chi connectivity index (χ2n) is 4.44. The van der Waals surface area contributed by atoms with Crippen molar-refractivity contribution in [3.8, 4) is 0 Å². The summed E-state index contributed by atoms with van der Waals surface area (Å²) in [6.07, 6.45) is 3.05. The van der Waals surface area contributed by atoms with Gasteiger partial charge in [-0.1, -0.05) is 6.92 Å². The van der Waals surface area contributed by atoms with Crippen molar-refractivity contribution >= 4 is 17.2 Å². The summed E-state index contributed by atoms with van der Waals surface area (Å²) < 4.78 is 0. The zero-order chi connectivity index (χ0) is 12.3. The molecule has 2 N–H and O–H groups in total. The van der Waals surface area contributed by atoms with Gasteiger partial charge in [-0.25, -0.2) is 4.98 Å². The summed E-state index contributed by atoms with van der Waals surface area (Å²) in [5.41, 5.74) is 0.863. The maximum absolute atomic E-state index is 12.1. The molecule has 1 amide bonds. The van der Waals surface area contributed by atoms with Crippen LogP contribution in [0.15, 0.2) is 0 Å². The van der Waals surface area contributed by atoms with Gasteiger partial charge in [0.05, 0.1) is 10.7 Å². The van der Waals surface area contributed by atoms with E-state index in [-0.39, 0.29) is 11.9 Å². The van der Waals surface area contributed by atoms with Gasteiger partial charge in [-0.05, 0) is 32.7 Å². The van der Waals surface area contributed by atoms with Crippen LogP contribution >= 0.6 is 11.3 Å². The molecule has 1 saturated heterocycles. The van der Waals surface area contributed by atoms with Gasteiger partial charge in [0.2, 0.25) is 0 Å². The number of carbonyl (C=O) groups excluding carboxylic acids is 1. The highest BCUT2D eigenvalue weighted by atomic mass is 32.1. The van der Waals surface area contributed by atoms with E-state index < -0.39 is 0 Å². The monoisotopic (exact) mass is 253 g/mol. The largest absolute Gasteiger partial charge is 0.347 e. The second-order valence-corrected chi connectivity index (χ2v) is 5.52. The average molecular weight is 253 g/mol. The number of thiazole rings is 1. The highest BCUT2D eigenvalue weighted by molar-refractivity contribution is 7.13. The molecule has 2 rings (SSSR count). The summed E-state index contributed by atoms with van der Waals surface area (Å²) >= 11 is 1.53. The van der Waals surface area contributed by atoms with E-state index in [0.29, 0.717) is 0 Å². The van der Waals surface area contributed by atoms with Crippen molar-refractivity contribution in [2.75, 3.05) is 13.1 Å². The van der Waals surface area contributed by atoms with E-state index in [9.17, 15) is 4.79 Å². The number of aryl methyl sites for hydroxylation is 2. The minimum Gasteiger partial charge on any atom is -0.347 e. The Morgan fingerprint density at radius 2 is 2.47 bits per heavy atom. The van der Waals surface area contributed by atoms with Crippen molar-refractivity contribution in [1.82, 2.24) is 15.6 Å². The average Bonchev–Trinajstić information content (AvgIpc) is 2.88. The van der Waals surface area contributed by atoms with Crippen LogP contribution in [0.3, 0.4) is 0 Å². The third kappa shape index (κ3) is 3.04. The summed E-state index contributed by atoms with van der Waals surface area (Å²) in [6, 6.07) is 0.277. The van der Waals surface area contributed by atoms with Crippen molar-refractivity contribution in [1.29, 1.82) is 0 Å².